The van der Waals surface area contributed by atoms with Gasteiger partial charge in [0, 0.05) is 22.2 Å². The molecule has 3 nitrogen and oxygen atoms in total. The van der Waals surface area contributed by atoms with E-state index >= 15 is 0 Å². The van der Waals surface area contributed by atoms with Gasteiger partial charge in [-0.2, -0.15) is 0 Å². The first-order valence-corrected chi connectivity index (χ1v) is 8.12. The SMILES string of the molecule is O=C(Nc1ccc2nc(-c3ccccc3)ccc2c1)c1ccccc1. The van der Waals surface area contributed by atoms with Gasteiger partial charge in [-0.1, -0.05) is 54.6 Å². The minimum absolute atomic E-state index is 0.117. The molecule has 3 aromatic carbocycles. The Kier molecular flexibility index (Phi) is 3.97. The molecular formula is C22H16N2O. The summed E-state index contributed by atoms with van der Waals surface area (Å²) in [4.78, 5) is 17.0. The average molecular weight is 324 g/mol. The predicted molar refractivity (Wildman–Crippen MR) is 102 cm³/mol. The highest BCUT2D eigenvalue weighted by Crippen LogP contribution is 2.23. The summed E-state index contributed by atoms with van der Waals surface area (Å²) in [6.07, 6.45) is 0. The number of carbonyl (C=O) groups is 1. The first kappa shape index (κ1) is 15.1. The number of fused-ring (bicyclic) bond motifs is 1. The molecule has 1 aromatic heterocycles. The lowest BCUT2D eigenvalue weighted by atomic mass is 10.1. The number of rotatable bonds is 3. The molecule has 4 rings (SSSR count). The van der Waals surface area contributed by atoms with Gasteiger partial charge in [-0.05, 0) is 36.4 Å². The molecule has 0 saturated heterocycles. The Labute approximate surface area is 146 Å². The summed E-state index contributed by atoms with van der Waals surface area (Å²) in [5, 5.41) is 3.92. The molecule has 0 saturated carbocycles. The molecule has 0 atom stereocenters. The number of nitrogens with one attached hydrogen (secondary N) is 1. The Morgan fingerprint density at radius 2 is 1.48 bits per heavy atom. The van der Waals surface area contributed by atoms with Gasteiger partial charge < -0.3 is 5.32 Å². The maximum atomic E-state index is 12.3. The third-order valence-corrected chi connectivity index (χ3v) is 4.05. The number of nitrogens with zero attached hydrogens (tertiary/aromatic N) is 1. The van der Waals surface area contributed by atoms with Crippen molar-refractivity contribution in [2.75, 3.05) is 5.32 Å². The largest absolute Gasteiger partial charge is 0.322 e. The highest BCUT2D eigenvalue weighted by atomic mass is 16.1. The lowest BCUT2D eigenvalue weighted by molar-refractivity contribution is 0.102. The molecule has 0 aliphatic carbocycles. The number of anilines is 1. The van der Waals surface area contributed by atoms with Crippen LogP contribution in [0.5, 0.6) is 0 Å². The van der Waals surface area contributed by atoms with Gasteiger partial charge in [0.2, 0.25) is 0 Å². The van der Waals surface area contributed by atoms with Crippen LogP contribution in [0.2, 0.25) is 0 Å². The summed E-state index contributed by atoms with van der Waals surface area (Å²) in [6.45, 7) is 0. The molecule has 1 N–H and O–H groups in total. The molecule has 0 spiro atoms. The van der Waals surface area contributed by atoms with Crippen molar-refractivity contribution in [1.29, 1.82) is 0 Å². The van der Waals surface area contributed by atoms with Crippen LogP contribution in [-0.4, -0.2) is 10.9 Å². The van der Waals surface area contributed by atoms with E-state index in [9.17, 15) is 4.79 Å². The van der Waals surface area contributed by atoms with Crippen molar-refractivity contribution < 1.29 is 4.79 Å². The van der Waals surface area contributed by atoms with Gasteiger partial charge in [0.15, 0.2) is 0 Å². The molecule has 1 amide bonds. The van der Waals surface area contributed by atoms with Gasteiger partial charge in [0.1, 0.15) is 0 Å². The summed E-state index contributed by atoms with van der Waals surface area (Å²) in [5.41, 5.74) is 4.33. The Hall–Kier alpha value is -3.46. The maximum Gasteiger partial charge on any atom is 0.255 e. The minimum Gasteiger partial charge on any atom is -0.322 e. The van der Waals surface area contributed by atoms with E-state index in [0.717, 1.165) is 27.8 Å². The third kappa shape index (κ3) is 3.26. The van der Waals surface area contributed by atoms with E-state index in [0.29, 0.717) is 5.56 Å². The summed E-state index contributed by atoms with van der Waals surface area (Å²) in [7, 11) is 0. The number of benzene rings is 3. The van der Waals surface area contributed by atoms with Crippen molar-refractivity contribution in [3.05, 3.63) is 96.6 Å². The second-order valence-electron chi connectivity index (χ2n) is 5.79. The van der Waals surface area contributed by atoms with Crippen LogP contribution in [0.1, 0.15) is 10.4 Å². The fourth-order valence-corrected chi connectivity index (χ4v) is 2.77. The molecule has 4 aromatic rings. The normalized spacial score (nSPS) is 10.6. The number of aromatic nitrogens is 1. The van der Waals surface area contributed by atoms with Crippen LogP contribution < -0.4 is 5.32 Å². The second kappa shape index (κ2) is 6.57. The maximum absolute atomic E-state index is 12.3. The molecule has 0 bridgehead atoms. The van der Waals surface area contributed by atoms with E-state index in [-0.39, 0.29) is 5.91 Å². The van der Waals surface area contributed by atoms with Crippen LogP contribution in [0.25, 0.3) is 22.2 Å². The van der Waals surface area contributed by atoms with Gasteiger partial charge >= 0.3 is 0 Å². The van der Waals surface area contributed by atoms with Crippen LogP contribution in [0.15, 0.2) is 91.0 Å². The van der Waals surface area contributed by atoms with Gasteiger partial charge in [-0.3, -0.25) is 4.79 Å². The standard InChI is InChI=1S/C22H16N2O/c25-22(17-9-5-2-6-10-17)23-19-12-14-21-18(15-19)11-13-20(24-21)16-7-3-1-4-8-16/h1-15H,(H,23,25). The lowest BCUT2D eigenvalue weighted by Crippen LogP contribution is -2.11. The summed E-state index contributed by atoms with van der Waals surface area (Å²) in [5.74, 6) is -0.117. The number of amides is 1. The van der Waals surface area contributed by atoms with E-state index in [2.05, 4.69) is 5.32 Å². The van der Waals surface area contributed by atoms with Gasteiger partial charge in [0.05, 0.1) is 11.2 Å². The first-order valence-electron chi connectivity index (χ1n) is 8.12. The Balaban J connectivity index is 1.62. The second-order valence-corrected chi connectivity index (χ2v) is 5.79. The molecule has 0 fully saturated rings. The van der Waals surface area contributed by atoms with Crippen LogP contribution in [0.3, 0.4) is 0 Å². The monoisotopic (exact) mass is 324 g/mol. The molecule has 120 valence electrons. The topological polar surface area (TPSA) is 42.0 Å². The van der Waals surface area contributed by atoms with Crippen molar-refractivity contribution in [1.82, 2.24) is 4.98 Å². The van der Waals surface area contributed by atoms with Crippen LogP contribution >= 0.6 is 0 Å². The van der Waals surface area contributed by atoms with Crippen molar-refractivity contribution in [2.24, 2.45) is 0 Å². The third-order valence-electron chi connectivity index (χ3n) is 4.05. The highest BCUT2D eigenvalue weighted by molar-refractivity contribution is 6.05. The van der Waals surface area contributed by atoms with Gasteiger partial charge in [-0.25, -0.2) is 4.98 Å². The number of pyridine rings is 1. The lowest BCUT2D eigenvalue weighted by Gasteiger charge is -2.08. The van der Waals surface area contributed by atoms with Crippen LogP contribution in [0.4, 0.5) is 5.69 Å². The van der Waals surface area contributed by atoms with E-state index in [4.69, 9.17) is 4.98 Å². The highest BCUT2D eigenvalue weighted by Gasteiger charge is 2.07. The molecule has 0 radical (unpaired) electrons. The zero-order valence-corrected chi connectivity index (χ0v) is 13.5. The summed E-state index contributed by atoms with van der Waals surface area (Å²) >= 11 is 0. The average Bonchev–Trinajstić information content (AvgIpc) is 2.69. The van der Waals surface area contributed by atoms with E-state index in [1.165, 1.54) is 0 Å². The fourth-order valence-electron chi connectivity index (χ4n) is 2.77. The molecule has 0 aliphatic heterocycles. The van der Waals surface area contributed by atoms with E-state index < -0.39 is 0 Å². The van der Waals surface area contributed by atoms with Crippen molar-refractivity contribution in [2.45, 2.75) is 0 Å². The molecule has 0 unspecified atom stereocenters. The predicted octanol–water partition coefficient (Wildman–Crippen LogP) is 5.15. The smallest absolute Gasteiger partial charge is 0.255 e. The Morgan fingerprint density at radius 1 is 0.760 bits per heavy atom. The first-order chi connectivity index (χ1) is 12.3. The van der Waals surface area contributed by atoms with Gasteiger partial charge in [-0.15, -0.1) is 0 Å². The number of hydrogen-bond donors (Lipinski definition) is 1. The molecular weight excluding hydrogens is 308 g/mol. The summed E-state index contributed by atoms with van der Waals surface area (Å²) in [6, 6.07) is 29.1. The van der Waals surface area contributed by atoms with Gasteiger partial charge in [0.25, 0.3) is 5.91 Å². The molecule has 0 aliphatic rings. The molecule has 3 heteroatoms. The van der Waals surface area contributed by atoms with Crippen LogP contribution in [-0.2, 0) is 0 Å². The Bertz CT molecular complexity index is 1030. The fraction of sp³-hybridized carbons (Fsp3) is 0. The summed E-state index contributed by atoms with van der Waals surface area (Å²) < 4.78 is 0. The van der Waals surface area contributed by atoms with E-state index in [1.54, 1.807) is 12.1 Å². The van der Waals surface area contributed by atoms with Crippen molar-refractivity contribution in [3.8, 4) is 11.3 Å². The molecule has 25 heavy (non-hydrogen) atoms. The van der Waals surface area contributed by atoms with Crippen molar-refractivity contribution >= 4 is 22.5 Å². The van der Waals surface area contributed by atoms with Crippen LogP contribution in [0, 0.1) is 0 Å². The number of hydrogen-bond acceptors (Lipinski definition) is 2. The minimum atomic E-state index is -0.117. The van der Waals surface area contributed by atoms with E-state index in [1.807, 2.05) is 78.9 Å². The van der Waals surface area contributed by atoms with Crippen molar-refractivity contribution in [3.63, 3.8) is 0 Å². The quantitative estimate of drug-likeness (QED) is 0.566. The zero-order chi connectivity index (χ0) is 17.1. The number of carbonyl (C=O) groups excluding carboxylic acids is 1. The molecule has 1 heterocycles. The zero-order valence-electron chi connectivity index (χ0n) is 13.5. The Morgan fingerprint density at radius 3 is 2.24 bits per heavy atom.